The Morgan fingerprint density at radius 1 is 1.10 bits per heavy atom. The number of rotatable bonds is 10. The van der Waals surface area contributed by atoms with Crippen LogP contribution >= 0.6 is 22.6 Å². The molecule has 0 aliphatic carbocycles. The highest BCUT2D eigenvalue weighted by Crippen LogP contribution is 2.43. The summed E-state index contributed by atoms with van der Waals surface area (Å²) in [5.41, 5.74) is 9.49. The quantitative estimate of drug-likeness (QED) is 0.160. The Bertz CT molecular complexity index is 1670. The summed E-state index contributed by atoms with van der Waals surface area (Å²) in [7, 11) is -3.03. The van der Waals surface area contributed by atoms with Crippen LogP contribution in [0.1, 0.15) is 22.5 Å². The number of benzene rings is 3. The number of sulfone groups is 1. The van der Waals surface area contributed by atoms with Crippen LogP contribution in [0.3, 0.4) is 0 Å². The first kappa shape index (κ1) is 28.3. The van der Waals surface area contributed by atoms with Crippen molar-refractivity contribution in [2.75, 3.05) is 23.9 Å². The molecule has 11 heteroatoms. The zero-order chi connectivity index (χ0) is 28.3. The number of hydrogen-bond acceptors (Lipinski definition) is 8. The van der Waals surface area contributed by atoms with Gasteiger partial charge in [0.25, 0.3) is 0 Å². The molecular weight excluding hydrogens is 646 g/mol. The molecule has 8 nitrogen and oxygen atoms in total. The van der Waals surface area contributed by atoms with Crippen LogP contribution in [-0.2, 0) is 28.7 Å². The second kappa shape index (κ2) is 11.7. The average molecular weight is 675 g/mol. The van der Waals surface area contributed by atoms with Crippen LogP contribution in [0.25, 0.3) is 11.3 Å². The molecule has 0 fully saturated rings. The number of nitrogens with one attached hydrogen (secondary N) is 2. The Labute approximate surface area is 245 Å². The van der Waals surface area contributed by atoms with Gasteiger partial charge in [0.05, 0.1) is 22.2 Å². The summed E-state index contributed by atoms with van der Waals surface area (Å²) in [5.74, 6) is 1.64. The Morgan fingerprint density at radius 3 is 2.73 bits per heavy atom. The fourth-order valence-corrected chi connectivity index (χ4v) is 5.63. The van der Waals surface area contributed by atoms with E-state index in [0.717, 1.165) is 20.4 Å². The molecule has 1 aliphatic rings. The van der Waals surface area contributed by atoms with Crippen LogP contribution < -0.4 is 21.1 Å². The molecule has 5 rings (SSSR count). The molecule has 0 radical (unpaired) electrons. The monoisotopic (exact) mass is 674 g/mol. The largest absolute Gasteiger partial charge is 0.487 e. The normalized spacial score (nSPS) is 16.4. The number of fused-ring (bicyclic) bond motifs is 1. The molecule has 1 unspecified atom stereocenters. The predicted octanol–water partition coefficient (Wildman–Crippen LogP) is 5.02. The number of aliphatic imine (C=N–C) groups is 1. The standard InChI is InChI=1S/C29H28FIN4O4S/c1-40(36,37)13-12-33-16-22-9-11-27(39-22)20-8-10-26-24(15-20)29(32,35-18-34-26)23-6-3-7-25(31)28(23)38-17-19-4-2-5-21(30)14-19/h2-11,14-15,18,33H,12-13,16-17,32H2,1H3,(H,34,35). The van der Waals surface area contributed by atoms with Gasteiger partial charge in [-0.3, -0.25) is 5.73 Å². The lowest BCUT2D eigenvalue weighted by Gasteiger charge is -2.33. The molecule has 4 aromatic rings. The first-order chi connectivity index (χ1) is 19.1. The van der Waals surface area contributed by atoms with Gasteiger partial charge in [-0.05, 0) is 76.7 Å². The number of nitrogens with two attached hydrogens (primary N) is 1. The molecule has 4 N–H and O–H groups in total. The maximum atomic E-state index is 13.7. The molecule has 2 heterocycles. The molecule has 208 valence electrons. The number of para-hydroxylation sites is 1. The molecular formula is C29H28FIN4O4S. The second-order valence-electron chi connectivity index (χ2n) is 9.54. The van der Waals surface area contributed by atoms with E-state index in [1.807, 2.05) is 48.5 Å². The van der Waals surface area contributed by atoms with Gasteiger partial charge in [-0.25, -0.2) is 17.8 Å². The zero-order valence-corrected chi connectivity index (χ0v) is 24.6. The van der Waals surface area contributed by atoms with E-state index in [4.69, 9.17) is 14.9 Å². The van der Waals surface area contributed by atoms with Crippen molar-refractivity contribution in [1.82, 2.24) is 5.32 Å². The molecule has 1 atom stereocenters. The van der Waals surface area contributed by atoms with Crippen molar-refractivity contribution in [3.8, 4) is 17.1 Å². The fraction of sp³-hybridized carbons (Fsp3) is 0.207. The summed E-state index contributed by atoms with van der Waals surface area (Å²) in [6, 6.07) is 21.5. The van der Waals surface area contributed by atoms with Crippen molar-refractivity contribution < 1.29 is 22.0 Å². The van der Waals surface area contributed by atoms with Crippen molar-refractivity contribution in [2.45, 2.75) is 18.8 Å². The van der Waals surface area contributed by atoms with E-state index in [9.17, 15) is 12.8 Å². The van der Waals surface area contributed by atoms with E-state index in [2.05, 4.69) is 38.2 Å². The van der Waals surface area contributed by atoms with Gasteiger partial charge in [0.1, 0.15) is 39.5 Å². The van der Waals surface area contributed by atoms with Crippen LogP contribution in [0.15, 0.2) is 82.2 Å². The van der Waals surface area contributed by atoms with Crippen LogP contribution in [0.2, 0.25) is 0 Å². The number of furan rings is 1. The Balaban J connectivity index is 1.43. The number of nitrogens with zero attached hydrogens (tertiary/aromatic N) is 1. The molecule has 0 saturated heterocycles. The molecule has 3 aromatic carbocycles. The Hall–Kier alpha value is -3.26. The first-order valence-corrected chi connectivity index (χ1v) is 15.6. The summed E-state index contributed by atoms with van der Waals surface area (Å²) < 4.78 is 49.5. The molecule has 1 aliphatic heterocycles. The van der Waals surface area contributed by atoms with E-state index in [-0.39, 0.29) is 18.2 Å². The molecule has 0 spiro atoms. The highest BCUT2D eigenvalue weighted by Gasteiger charge is 2.37. The highest BCUT2D eigenvalue weighted by atomic mass is 127. The maximum Gasteiger partial charge on any atom is 0.167 e. The third-order valence-electron chi connectivity index (χ3n) is 6.46. The van der Waals surface area contributed by atoms with Crippen LogP contribution in [0.5, 0.6) is 5.75 Å². The summed E-state index contributed by atoms with van der Waals surface area (Å²) in [5, 5.41) is 6.26. The highest BCUT2D eigenvalue weighted by molar-refractivity contribution is 14.1. The van der Waals surface area contributed by atoms with Gasteiger partial charge in [0.15, 0.2) is 5.66 Å². The third kappa shape index (κ3) is 6.38. The molecule has 0 amide bonds. The fourth-order valence-electron chi connectivity index (χ4n) is 4.46. The van der Waals surface area contributed by atoms with E-state index in [1.165, 1.54) is 18.4 Å². The SMILES string of the molecule is CS(=O)(=O)CCNCc1ccc(-c2ccc3c(c2)C(N)(c2cccc(I)c2OCc2cccc(F)c2)N=CN3)o1. The van der Waals surface area contributed by atoms with Crippen LogP contribution in [0.4, 0.5) is 10.1 Å². The van der Waals surface area contributed by atoms with Crippen molar-refractivity contribution in [2.24, 2.45) is 10.7 Å². The first-order valence-electron chi connectivity index (χ1n) is 12.5. The minimum atomic E-state index is -3.03. The van der Waals surface area contributed by atoms with Gasteiger partial charge in [-0.2, -0.15) is 0 Å². The van der Waals surface area contributed by atoms with E-state index >= 15 is 0 Å². The number of ether oxygens (including phenoxy) is 1. The van der Waals surface area contributed by atoms with Crippen molar-refractivity contribution in [3.63, 3.8) is 0 Å². The molecule has 40 heavy (non-hydrogen) atoms. The van der Waals surface area contributed by atoms with E-state index in [0.29, 0.717) is 41.5 Å². The number of halogens is 2. The van der Waals surface area contributed by atoms with Gasteiger partial charge in [0, 0.05) is 35.2 Å². The summed E-state index contributed by atoms with van der Waals surface area (Å²) in [6.07, 6.45) is 2.79. The van der Waals surface area contributed by atoms with Crippen LogP contribution in [-0.4, -0.2) is 33.3 Å². The van der Waals surface area contributed by atoms with E-state index in [1.54, 1.807) is 18.5 Å². The topological polar surface area (TPSA) is 119 Å². The van der Waals surface area contributed by atoms with E-state index < -0.39 is 15.5 Å². The van der Waals surface area contributed by atoms with Crippen LogP contribution in [0, 0.1) is 9.39 Å². The second-order valence-corrected chi connectivity index (χ2v) is 13.0. The lowest BCUT2D eigenvalue weighted by atomic mass is 9.88. The lowest BCUT2D eigenvalue weighted by Crippen LogP contribution is -2.40. The van der Waals surface area contributed by atoms with Gasteiger partial charge in [0.2, 0.25) is 0 Å². The molecule has 0 saturated carbocycles. The Morgan fingerprint density at radius 2 is 1.93 bits per heavy atom. The summed E-state index contributed by atoms with van der Waals surface area (Å²) in [4.78, 5) is 4.66. The average Bonchev–Trinajstić information content (AvgIpc) is 3.39. The molecule has 1 aromatic heterocycles. The van der Waals surface area contributed by atoms with Crippen molar-refractivity contribution in [3.05, 3.63) is 105 Å². The summed E-state index contributed by atoms with van der Waals surface area (Å²) in [6.45, 7) is 0.914. The van der Waals surface area contributed by atoms with Gasteiger partial charge in [-0.1, -0.05) is 24.3 Å². The number of hydrogen-bond donors (Lipinski definition) is 3. The zero-order valence-electron chi connectivity index (χ0n) is 21.7. The number of anilines is 1. The summed E-state index contributed by atoms with van der Waals surface area (Å²) >= 11 is 2.20. The van der Waals surface area contributed by atoms with Crippen molar-refractivity contribution in [1.29, 1.82) is 0 Å². The molecule has 0 bridgehead atoms. The Kier molecular flexibility index (Phi) is 8.26. The predicted molar refractivity (Wildman–Crippen MR) is 163 cm³/mol. The minimum Gasteiger partial charge on any atom is -0.487 e. The van der Waals surface area contributed by atoms with Gasteiger partial charge >= 0.3 is 0 Å². The lowest BCUT2D eigenvalue weighted by molar-refractivity contribution is 0.294. The van der Waals surface area contributed by atoms with Gasteiger partial charge < -0.3 is 19.8 Å². The smallest absolute Gasteiger partial charge is 0.167 e. The minimum absolute atomic E-state index is 0.0594. The maximum absolute atomic E-state index is 13.7. The van der Waals surface area contributed by atoms with Crippen molar-refractivity contribution >= 4 is 44.5 Å². The third-order valence-corrected chi connectivity index (χ3v) is 8.26. The van der Waals surface area contributed by atoms with Gasteiger partial charge in [-0.15, -0.1) is 0 Å².